The minimum absolute atomic E-state index is 0.164. The number of benzene rings is 1. The van der Waals surface area contributed by atoms with Gasteiger partial charge in [-0.05, 0) is 51.2 Å². The van der Waals surface area contributed by atoms with Crippen molar-refractivity contribution in [1.82, 2.24) is 10.2 Å². The first-order valence-corrected chi connectivity index (χ1v) is 5.62. The Labute approximate surface area is 97.5 Å². The molecule has 0 fully saturated rings. The average Bonchev–Trinajstić information content (AvgIpc) is 2.18. The molecule has 16 heavy (non-hydrogen) atoms. The summed E-state index contributed by atoms with van der Waals surface area (Å²) < 4.78 is 13.0. The molecule has 0 amide bonds. The van der Waals surface area contributed by atoms with Crippen molar-refractivity contribution in [3.8, 4) is 0 Å². The fourth-order valence-corrected chi connectivity index (χ4v) is 1.73. The summed E-state index contributed by atoms with van der Waals surface area (Å²) in [5, 5.41) is 3.39. The standard InChI is InChI=1S/C13H21FN2/c1-10-5-6-13(14)7-12(10)8-15-11(2)9-16(3)4/h5-7,11,15H,8-9H2,1-4H3. The lowest BCUT2D eigenvalue weighted by atomic mass is 10.1. The third kappa shape index (κ3) is 4.29. The van der Waals surface area contributed by atoms with Crippen molar-refractivity contribution in [1.29, 1.82) is 0 Å². The van der Waals surface area contributed by atoms with Crippen molar-refractivity contribution in [3.63, 3.8) is 0 Å². The largest absolute Gasteiger partial charge is 0.309 e. The molecule has 0 saturated heterocycles. The predicted octanol–water partition coefficient (Wildman–Crippen LogP) is 2.17. The highest BCUT2D eigenvalue weighted by molar-refractivity contribution is 5.26. The van der Waals surface area contributed by atoms with E-state index in [9.17, 15) is 4.39 Å². The van der Waals surface area contributed by atoms with Gasteiger partial charge in [0.1, 0.15) is 5.82 Å². The fourth-order valence-electron chi connectivity index (χ4n) is 1.73. The lowest BCUT2D eigenvalue weighted by Crippen LogP contribution is -2.35. The molecule has 0 aromatic heterocycles. The van der Waals surface area contributed by atoms with E-state index in [1.54, 1.807) is 6.07 Å². The first-order chi connectivity index (χ1) is 7.49. The van der Waals surface area contributed by atoms with Crippen LogP contribution < -0.4 is 5.32 Å². The van der Waals surface area contributed by atoms with Crippen molar-refractivity contribution in [2.45, 2.75) is 26.4 Å². The number of likely N-dealkylation sites (N-methyl/N-ethyl adjacent to an activating group) is 1. The normalized spacial score (nSPS) is 13.1. The average molecular weight is 224 g/mol. The van der Waals surface area contributed by atoms with Crippen molar-refractivity contribution in [3.05, 3.63) is 35.1 Å². The van der Waals surface area contributed by atoms with Crippen LogP contribution in [0, 0.1) is 12.7 Å². The van der Waals surface area contributed by atoms with E-state index in [1.807, 2.05) is 27.1 Å². The molecule has 0 heterocycles. The summed E-state index contributed by atoms with van der Waals surface area (Å²) in [6.07, 6.45) is 0. The molecule has 3 heteroatoms. The molecule has 90 valence electrons. The zero-order valence-corrected chi connectivity index (χ0v) is 10.5. The van der Waals surface area contributed by atoms with E-state index < -0.39 is 0 Å². The number of nitrogens with one attached hydrogen (secondary N) is 1. The molecule has 1 atom stereocenters. The van der Waals surface area contributed by atoms with E-state index >= 15 is 0 Å². The molecule has 0 bridgehead atoms. The number of halogens is 1. The maximum absolute atomic E-state index is 13.0. The van der Waals surface area contributed by atoms with E-state index in [4.69, 9.17) is 0 Å². The van der Waals surface area contributed by atoms with Gasteiger partial charge in [0.2, 0.25) is 0 Å². The summed E-state index contributed by atoms with van der Waals surface area (Å²) in [4.78, 5) is 2.14. The van der Waals surface area contributed by atoms with Gasteiger partial charge in [-0.15, -0.1) is 0 Å². The Kier molecular flexibility index (Phi) is 4.90. The van der Waals surface area contributed by atoms with E-state index in [2.05, 4.69) is 17.1 Å². The fraction of sp³-hybridized carbons (Fsp3) is 0.538. The second kappa shape index (κ2) is 5.97. The van der Waals surface area contributed by atoms with E-state index in [-0.39, 0.29) is 5.82 Å². The van der Waals surface area contributed by atoms with Crippen LogP contribution in [-0.2, 0) is 6.54 Å². The summed E-state index contributed by atoms with van der Waals surface area (Å²) in [5.41, 5.74) is 2.16. The zero-order valence-electron chi connectivity index (χ0n) is 10.5. The van der Waals surface area contributed by atoms with E-state index in [1.165, 1.54) is 6.07 Å². The minimum atomic E-state index is -0.164. The quantitative estimate of drug-likeness (QED) is 0.824. The number of rotatable bonds is 5. The lowest BCUT2D eigenvalue weighted by Gasteiger charge is -2.19. The highest BCUT2D eigenvalue weighted by atomic mass is 19.1. The smallest absolute Gasteiger partial charge is 0.123 e. The monoisotopic (exact) mass is 224 g/mol. The van der Waals surface area contributed by atoms with Gasteiger partial charge in [0.25, 0.3) is 0 Å². The summed E-state index contributed by atoms with van der Waals surface area (Å²) in [6, 6.07) is 5.33. The highest BCUT2D eigenvalue weighted by Crippen LogP contribution is 2.10. The van der Waals surface area contributed by atoms with Gasteiger partial charge in [-0.1, -0.05) is 6.07 Å². The third-order valence-corrected chi connectivity index (χ3v) is 2.59. The molecular weight excluding hydrogens is 203 g/mol. The van der Waals surface area contributed by atoms with Crippen LogP contribution in [0.5, 0.6) is 0 Å². The summed E-state index contributed by atoms with van der Waals surface area (Å²) >= 11 is 0. The Morgan fingerprint density at radius 2 is 2.06 bits per heavy atom. The molecule has 1 aromatic carbocycles. The van der Waals surface area contributed by atoms with Gasteiger partial charge in [0, 0.05) is 19.1 Å². The van der Waals surface area contributed by atoms with Gasteiger partial charge in [0.05, 0.1) is 0 Å². The summed E-state index contributed by atoms with van der Waals surface area (Å²) in [7, 11) is 4.09. The second-order valence-electron chi connectivity index (χ2n) is 4.61. The Bertz CT molecular complexity index is 337. The van der Waals surface area contributed by atoms with Gasteiger partial charge in [-0.2, -0.15) is 0 Å². The lowest BCUT2D eigenvalue weighted by molar-refractivity contribution is 0.349. The Hall–Kier alpha value is -0.930. The van der Waals surface area contributed by atoms with Crippen LogP contribution in [0.3, 0.4) is 0 Å². The number of hydrogen-bond donors (Lipinski definition) is 1. The molecule has 0 aliphatic rings. The molecule has 0 aliphatic carbocycles. The molecule has 0 aliphatic heterocycles. The van der Waals surface area contributed by atoms with Gasteiger partial charge in [0.15, 0.2) is 0 Å². The zero-order chi connectivity index (χ0) is 12.1. The van der Waals surface area contributed by atoms with Crippen LogP contribution in [0.1, 0.15) is 18.1 Å². The van der Waals surface area contributed by atoms with Crippen LogP contribution in [-0.4, -0.2) is 31.6 Å². The molecule has 0 saturated carbocycles. The predicted molar refractivity (Wildman–Crippen MR) is 66.0 cm³/mol. The maximum atomic E-state index is 13.0. The van der Waals surface area contributed by atoms with Gasteiger partial charge >= 0.3 is 0 Å². The molecule has 0 radical (unpaired) electrons. The molecule has 1 N–H and O–H groups in total. The van der Waals surface area contributed by atoms with Crippen LogP contribution in [0.4, 0.5) is 4.39 Å². The van der Waals surface area contributed by atoms with Crippen LogP contribution >= 0.6 is 0 Å². The van der Waals surface area contributed by atoms with E-state index in [0.717, 1.165) is 24.2 Å². The third-order valence-electron chi connectivity index (χ3n) is 2.59. The van der Waals surface area contributed by atoms with Gasteiger partial charge < -0.3 is 10.2 Å². The maximum Gasteiger partial charge on any atom is 0.123 e. The van der Waals surface area contributed by atoms with Crippen LogP contribution in [0.2, 0.25) is 0 Å². The van der Waals surface area contributed by atoms with E-state index in [0.29, 0.717) is 6.04 Å². The van der Waals surface area contributed by atoms with Crippen molar-refractivity contribution >= 4 is 0 Å². The molecule has 0 spiro atoms. The molecule has 1 unspecified atom stereocenters. The first kappa shape index (κ1) is 13.1. The molecule has 1 aromatic rings. The number of nitrogens with zero attached hydrogens (tertiary/aromatic N) is 1. The molecular formula is C13H21FN2. The molecule has 2 nitrogen and oxygen atoms in total. The van der Waals surface area contributed by atoms with Gasteiger partial charge in [-0.25, -0.2) is 4.39 Å². The second-order valence-corrected chi connectivity index (χ2v) is 4.61. The highest BCUT2D eigenvalue weighted by Gasteiger charge is 2.05. The van der Waals surface area contributed by atoms with Crippen molar-refractivity contribution in [2.75, 3.05) is 20.6 Å². The Morgan fingerprint density at radius 1 is 1.38 bits per heavy atom. The van der Waals surface area contributed by atoms with Gasteiger partial charge in [-0.3, -0.25) is 0 Å². The van der Waals surface area contributed by atoms with Crippen LogP contribution in [0.15, 0.2) is 18.2 Å². The van der Waals surface area contributed by atoms with Crippen molar-refractivity contribution in [2.24, 2.45) is 0 Å². The van der Waals surface area contributed by atoms with Crippen LogP contribution in [0.25, 0.3) is 0 Å². The number of aryl methyl sites for hydroxylation is 1. The SMILES string of the molecule is Cc1ccc(F)cc1CNC(C)CN(C)C. The topological polar surface area (TPSA) is 15.3 Å². The van der Waals surface area contributed by atoms with Crippen molar-refractivity contribution < 1.29 is 4.39 Å². The Morgan fingerprint density at radius 3 is 2.69 bits per heavy atom. The first-order valence-electron chi connectivity index (χ1n) is 5.62. The summed E-state index contributed by atoms with van der Waals surface area (Å²) in [5.74, 6) is -0.164. The number of hydrogen-bond acceptors (Lipinski definition) is 2. The minimum Gasteiger partial charge on any atom is -0.309 e. The Balaban J connectivity index is 2.51. The molecule has 1 rings (SSSR count). The summed E-state index contributed by atoms with van der Waals surface area (Å²) in [6.45, 7) is 5.84.